The molecule has 3 nitrogen and oxygen atoms in total. The summed E-state index contributed by atoms with van der Waals surface area (Å²) in [7, 11) is 0. The van der Waals surface area contributed by atoms with E-state index in [2.05, 4.69) is 0 Å². The third-order valence-corrected chi connectivity index (χ3v) is 3.02. The first kappa shape index (κ1) is 13.3. The first-order valence-electron chi connectivity index (χ1n) is 5.31. The van der Waals surface area contributed by atoms with Crippen LogP contribution in [-0.2, 0) is 5.41 Å². The molecule has 0 fully saturated rings. The summed E-state index contributed by atoms with van der Waals surface area (Å²) in [4.78, 5) is 0. The van der Waals surface area contributed by atoms with Gasteiger partial charge in [0.25, 0.3) is 0 Å². The predicted octanol–water partition coefficient (Wildman–Crippen LogP) is 1.95. The number of rotatable bonds is 5. The zero-order valence-electron chi connectivity index (χ0n) is 9.66. The maximum Gasteiger partial charge on any atom is 0.137 e. The van der Waals surface area contributed by atoms with Gasteiger partial charge in [-0.2, -0.15) is 0 Å². The summed E-state index contributed by atoms with van der Waals surface area (Å²) >= 11 is 6.08. The minimum absolute atomic E-state index is 0.00614. The molecule has 0 aromatic heterocycles. The van der Waals surface area contributed by atoms with Crippen LogP contribution < -0.4 is 10.5 Å². The van der Waals surface area contributed by atoms with E-state index in [1.807, 2.05) is 26.0 Å². The maximum atomic E-state index is 9.35. The highest BCUT2D eigenvalue weighted by Crippen LogP contribution is 2.31. The van der Waals surface area contributed by atoms with E-state index in [0.717, 1.165) is 5.56 Å². The molecule has 3 N–H and O–H groups in total. The number of aliphatic hydroxyl groups is 1. The molecule has 0 radical (unpaired) electrons. The summed E-state index contributed by atoms with van der Waals surface area (Å²) in [5, 5.41) is 9.90. The summed E-state index contributed by atoms with van der Waals surface area (Å²) in [6, 6.07) is 5.50. The molecule has 0 aliphatic carbocycles. The van der Waals surface area contributed by atoms with Gasteiger partial charge in [-0.1, -0.05) is 24.6 Å². The van der Waals surface area contributed by atoms with E-state index in [0.29, 0.717) is 23.9 Å². The molecule has 0 heterocycles. The van der Waals surface area contributed by atoms with Gasteiger partial charge in [-0.25, -0.2) is 0 Å². The molecular formula is C12H18ClNO2. The Hall–Kier alpha value is -0.770. The van der Waals surface area contributed by atoms with Gasteiger partial charge in [0.15, 0.2) is 0 Å². The molecule has 1 rings (SSSR count). The van der Waals surface area contributed by atoms with E-state index in [1.54, 1.807) is 6.07 Å². The van der Waals surface area contributed by atoms with Crippen molar-refractivity contribution in [3.8, 4) is 5.75 Å². The highest BCUT2D eigenvalue weighted by atomic mass is 35.5. The zero-order valence-corrected chi connectivity index (χ0v) is 10.4. The summed E-state index contributed by atoms with van der Waals surface area (Å²) in [5.41, 5.74) is 6.13. The van der Waals surface area contributed by atoms with Crippen LogP contribution in [0.2, 0.25) is 5.02 Å². The van der Waals surface area contributed by atoms with E-state index in [4.69, 9.17) is 22.1 Å². The molecule has 1 unspecified atom stereocenters. The minimum atomic E-state index is -0.450. The number of ether oxygens (including phenoxy) is 1. The van der Waals surface area contributed by atoms with Crippen molar-refractivity contribution in [2.45, 2.75) is 19.3 Å². The molecule has 1 atom stereocenters. The van der Waals surface area contributed by atoms with Gasteiger partial charge in [0, 0.05) is 12.0 Å². The summed E-state index contributed by atoms with van der Waals surface area (Å²) < 4.78 is 5.35. The Morgan fingerprint density at radius 1 is 1.50 bits per heavy atom. The van der Waals surface area contributed by atoms with Crippen LogP contribution in [0.4, 0.5) is 0 Å². The molecule has 0 amide bonds. The molecular weight excluding hydrogens is 226 g/mol. The third kappa shape index (κ3) is 2.67. The summed E-state index contributed by atoms with van der Waals surface area (Å²) in [6.45, 7) is 4.75. The Morgan fingerprint density at radius 2 is 2.19 bits per heavy atom. The lowest BCUT2D eigenvalue weighted by Gasteiger charge is -2.26. The monoisotopic (exact) mass is 243 g/mol. The van der Waals surface area contributed by atoms with Crippen LogP contribution >= 0.6 is 11.6 Å². The Labute approximate surface area is 101 Å². The Morgan fingerprint density at radius 3 is 2.62 bits per heavy atom. The van der Waals surface area contributed by atoms with Crippen molar-refractivity contribution in [2.24, 2.45) is 5.73 Å². The van der Waals surface area contributed by atoms with Gasteiger partial charge in [-0.15, -0.1) is 0 Å². The topological polar surface area (TPSA) is 55.5 Å². The lowest BCUT2D eigenvalue weighted by Crippen LogP contribution is -2.35. The molecule has 1 aromatic rings. The van der Waals surface area contributed by atoms with Crippen molar-refractivity contribution >= 4 is 11.6 Å². The van der Waals surface area contributed by atoms with Crippen LogP contribution in [0.25, 0.3) is 0 Å². The fraction of sp³-hybridized carbons (Fsp3) is 0.500. The van der Waals surface area contributed by atoms with Crippen LogP contribution in [0.15, 0.2) is 18.2 Å². The van der Waals surface area contributed by atoms with Gasteiger partial charge >= 0.3 is 0 Å². The van der Waals surface area contributed by atoms with E-state index in [1.165, 1.54) is 0 Å². The average Bonchev–Trinajstić information content (AvgIpc) is 2.31. The fourth-order valence-corrected chi connectivity index (χ4v) is 1.66. The molecule has 1 aromatic carbocycles. The van der Waals surface area contributed by atoms with Crippen LogP contribution in [0.1, 0.15) is 19.4 Å². The smallest absolute Gasteiger partial charge is 0.137 e. The largest absolute Gasteiger partial charge is 0.492 e. The standard InChI is InChI=1S/C12H18ClNO2/c1-3-16-11-5-4-9(6-10(11)13)12(2,7-14)8-15/h4-6,15H,3,7-8,14H2,1-2H3. The molecule has 0 aliphatic heterocycles. The van der Waals surface area contributed by atoms with Crippen molar-refractivity contribution in [1.29, 1.82) is 0 Å². The third-order valence-electron chi connectivity index (χ3n) is 2.73. The molecule has 0 bridgehead atoms. The molecule has 90 valence electrons. The Bertz CT molecular complexity index is 351. The van der Waals surface area contributed by atoms with E-state index in [-0.39, 0.29) is 6.61 Å². The van der Waals surface area contributed by atoms with E-state index >= 15 is 0 Å². The second kappa shape index (κ2) is 5.53. The van der Waals surface area contributed by atoms with Gasteiger partial charge in [-0.05, 0) is 24.6 Å². The Kier molecular flexibility index (Phi) is 4.59. The van der Waals surface area contributed by atoms with Crippen LogP contribution in [-0.4, -0.2) is 24.9 Å². The molecule has 0 spiro atoms. The lowest BCUT2D eigenvalue weighted by molar-refractivity contribution is 0.210. The van der Waals surface area contributed by atoms with Gasteiger partial charge < -0.3 is 15.6 Å². The quantitative estimate of drug-likeness (QED) is 0.831. The number of hydrogen-bond donors (Lipinski definition) is 2. The molecule has 0 aliphatic rings. The molecule has 16 heavy (non-hydrogen) atoms. The maximum absolute atomic E-state index is 9.35. The minimum Gasteiger partial charge on any atom is -0.492 e. The number of nitrogens with two attached hydrogens (primary N) is 1. The average molecular weight is 244 g/mol. The zero-order chi connectivity index (χ0) is 12.2. The van der Waals surface area contributed by atoms with Crippen molar-refractivity contribution in [3.63, 3.8) is 0 Å². The molecule has 0 saturated heterocycles. The van der Waals surface area contributed by atoms with Crippen molar-refractivity contribution in [2.75, 3.05) is 19.8 Å². The number of halogens is 1. The normalized spacial score (nSPS) is 14.6. The lowest BCUT2D eigenvalue weighted by atomic mass is 9.83. The fourth-order valence-electron chi connectivity index (χ4n) is 1.42. The highest BCUT2D eigenvalue weighted by molar-refractivity contribution is 6.32. The van der Waals surface area contributed by atoms with Gasteiger partial charge in [0.05, 0.1) is 18.2 Å². The molecule has 4 heteroatoms. The van der Waals surface area contributed by atoms with Crippen molar-refractivity contribution < 1.29 is 9.84 Å². The second-order valence-corrected chi connectivity index (χ2v) is 4.41. The number of benzene rings is 1. The van der Waals surface area contributed by atoms with Gasteiger partial charge in [0.2, 0.25) is 0 Å². The van der Waals surface area contributed by atoms with Crippen molar-refractivity contribution in [3.05, 3.63) is 28.8 Å². The van der Waals surface area contributed by atoms with Crippen LogP contribution in [0, 0.1) is 0 Å². The van der Waals surface area contributed by atoms with E-state index in [9.17, 15) is 5.11 Å². The first-order chi connectivity index (χ1) is 7.57. The number of aliphatic hydroxyl groups excluding tert-OH is 1. The van der Waals surface area contributed by atoms with Gasteiger partial charge in [-0.3, -0.25) is 0 Å². The first-order valence-corrected chi connectivity index (χ1v) is 5.69. The number of hydrogen-bond acceptors (Lipinski definition) is 3. The summed E-state index contributed by atoms with van der Waals surface area (Å²) in [6.07, 6.45) is 0. The second-order valence-electron chi connectivity index (χ2n) is 4.00. The SMILES string of the molecule is CCOc1ccc(C(C)(CN)CO)cc1Cl. The van der Waals surface area contributed by atoms with Crippen LogP contribution in [0.3, 0.4) is 0 Å². The van der Waals surface area contributed by atoms with E-state index < -0.39 is 5.41 Å². The van der Waals surface area contributed by atoms with Gasteiger partial charge in [0.1, 0.15) is 5.75 Å². The Balaban J connectivity index is 3.04. The highest BCUT2D eigenvalue weighted by Gasteiger charge is 2.24. The predicted molar refractivity (Wildman–Crippen MR) is 66.1 cm³/mol. The summed E-state index contributed by atoms with van der Waals surface area (Å²) in [5.74, 6) is 0.658. The van der Waals surface area contributed by atoms with Crippen LogP contribution in [0.5, 0.6) is 5.75 Å². The van der Waals surface area contributed by atoms with Crippen molar-refractivity contribution in [1.82, 2.24) is 0 Å². The molecule has 0 saturated carbocycles.